The van der Waals surface area contributed by atoms with Gasteiger partial charge in [-0.2, -0.15) is 29.6 Å². The molecule has 0 saturated carbocycles. The lowest BCUT2D eigenvalue weighted by atomic mass is 11.4. The zero-order chi connectivity index (χ0) is 10.9. The Bertz CT molecular complexity index is 250. The summed E-state index contributed by atoms with van der Waals surface area (Å²) in [7, 11) is 5.33. The standard InChI is InChI=1S/C6H12N6P2/c1-9-10(2)14(6-8)12(4)11(3)13(9)5-7/h1-4H3. The summed E-state index contributed by atoms with van der Waals surface area (Å²) in [6.07, 6.45) is 0. The second-order valence-electron chi connectivity index (χ2n) is 2.74. The van der Waals surface area contributed by atoms with Crippen LogP contribution in [0, 0.1) is 22.1 Å². The molecule has 0 aromatic heterocycles. The van der Waals surface area contributed by atoms with E-state index in [-0.39, 0.29) is 0 Å². The molecular weight excluding hydrogens is 218 g/mol. The van der Waals surface area contributed by atoms with Crippen LogP contribution in [0.5, 0.6) is 0 Å². The topological polar surface area (TPSA) is 60.5 Å². The third-order valence-corrected chi connectivity index (χ3v) is 6.02. The van der Waals surface area contributed by atoms with Crippen molar-refractivity contribution in [2.75, 3.05) is 28.2 Å². The molecule has 0 aromatic carbocycles. The number of nitriles is 2. The molecule has 1 saturated heterocycles. The number of rotatable bonds is 0. The summed E-state index contributed by atoms with van der Waals surface area (Å²) in [6, 6.07) is 0. The fraction of sp³-hybridized carbons (Fsp3) is 0.667. The number of nitrogens with zero attached hydrogens (tertiary/aromatic N) is 6. The van der Waals surface area contributed by atoms with Gasteiger partial charge >= 0.3 is 0 Å². The summed E-state index contributed by atoms with van der Waals surface area (Å²) < 4.78 is 7.35. The van der Waals surface area contributed by atoms with Crippen LogP contribution in [0.1, 0.15) is 0 Å². The van der Waals surface area contributed by atoms with E-state index in [4.69, 9.17) is 10.5 Å². The lowest BCUT2D eigenvalue weighted by Gasteiger charge is -2.48. The molecule has 0 atom stereocenters. The van der Waals surface area contributed by atoms with E-state index in [1.54, 1.807) is 0 Å². The Morgan fingerprint density at radius 3 is 1.07 bits per heavy atom. The van der Waals surface area contributed by atoms with Crippen LogP contribution in [-0.2, 0) is 0 Å². The Hall–Kier alpha value is -0.320. The van der Waals surface area contributed by atoms with Crippen molar-refractivity contribution in [3.05, 3.63) is 0 Å². The first-order valence-electron chi connectivity index (χ1n) is 3.88. The number of hydrazine groups is 2. The van der Waals surface area contributed by atoms with Gasteiger partial charge in [0.2, 0.25) is 0 Å². The SMILES string of the molecule is CN1N(C)P(C#N)N(C)N(C)P1C#N. The van der Waals surface area contributed by atoms with E-state index in [9.17, 15) is 0 Å². The van der Waals surface area contributed by atoms with Gasteiger partial charge in [-0.15, -0.1) is 0 Å². The molecule has 0 amide bonds. The Labute approximate surface area is 86.5 Å². The van der Waals surface area contributed by atoms with Crippen LogP contribution in [0.4, 0.5) is 0 Å². The van der Waals surface area contributed by atoms with Gasteiger partial charge in [-0.3, -0.25) is 0 Å². The highest BCUT2D eigenvalue weighted by molar-refractivity contribution is 7.63. The van der Waals surface area contributed by atoms with Gasteiger partial charge in [0.05, 0.1) is 0 Å². The predicted molar refractivity (Wildman–Crippen MR) is 56.1 cm³/mol. The monoisotopic (exact) mass is 230 g/mol. The summed E-state index contributed by atoms with van der Waals surface area (Å²) in [5, 5.41) is 18.0. The molecule has 1 aliphatic heterocycles. The molecule has 14 heavy (non-hydrogen) atoms. The number of hydrogen-bond donors (Lipinski definition) is 0. The Morgan fingerprint density at radius 2 is 0.929 bits per heavy atom. The largest absolute Gasteiger partial charge is 0.190 e. The Morgan fingerprint density at radius 1 is 0.714 bits per heavy atom. The molecule has 1 heterocycles. The fourth-order valence-corrected chi connectivity index (χ4v) is 4.28. The van der Waals surface area contributed by atoms with Crippen molar-refractivity contribution in [2.45, 2.75) is 0 Å². The predicted octanol–water partition coefficient (Wildman–Crippen LogP) is 1.14. The maximum atomic E-state index is 8.99. The summed E-state index contributed by atoms with van der Waals surface area (Å²) in [5.74, 6) is 4.49. The van der Waals surface area contributed by atoms with Crippen LogP contribution >= 0.6 is 16.4 Å². The molecule has 0 aliphatic carbocycles. The van der Waals surface area contributed by atoms with Crippen LogP contribution < -0.4 is 0 Å². The van der Waals surface area contributed by atoms with Crippen LogP contribution in [0.2, 0.25) is 0 Å². The zero-order valence-electron chi connectivity index (χ0n) is 8.58. The molecular formula is C6H12N6P2. The quantitative estimate of drug-likeness (QED) is 0.581. The van der Waals surface area contributed by atoms with Gasteiger partial charge in [0.25, 0.3) is 0 Å². The average Bonchev–Trinajstić information content (AvgIpc) is 2.17. The van der Waals surface area contributed by atoms with Crippen molar-refractivity contribution in [3.8, 4) is 11.6 Å². The van der Waals surface area contributed by atoms with Gasteiger partial charge in [-0.1, -0.05) is 0 Å². The molecule has 0 spiro atoms. The van der Waals surface area contributed by atoms with Gasteiger partial charge in [0.15, 0.2) is 16.4 Å². The first-order chi connectivity index (χ1) is 6.54. The van der Waals surface area contributed by atoms with Crippen molar-refractivity contribution in [2.24, 2.45) is 0 Å². The van der Waals surface area contributed by atoms with Crippen LogP contribution in [0.3, 0.4) is 0 Å². The molecule has 76 valence electrons. The normalized spacial score (nSPS) is 32.4. The van der Waals surface area contributed by atoms with Crippen LogP contribution in [0.25, 0.3) is 0 Å². The summed E-state index contributed by atoms with van der Waals surface area (Å²) in [4.78, 5) is 0. The Balaban J connectivity index is 2.96. The van der Waals surface area contributed by atoms with Crippen molar-refractivity contribution in [3.63, 3.8) is 0 Å². The average molecular weight is 230 g/mol. The minimum Gasteiger partial charge on any atom is -0.190 e. The summed E-state index contributed by atoms with van der Waals surface area (Å²) in [5.41, 5.74) is 0. The second-order valence-corrected chi connectivity index (χ2v) is 6.61. The molecule has 0 radical (unpaired) electrons. The minimum absolute atomic E-state index is 1.01. The zero-order valence-corrected chi connectivity index (χ0v) is 10.4. The highest BCUT2D eigenvalue weighted by atomic mass is 31.2. The van der Waals surface area contributed by atoms with Gasteiger partial charge in [0.1, 0.15) is 11.6 Å². The van der Waals surface area contributed by atoms with E-state index >= 15 is 0 Å². The van der Waals surface area contributed by atoms with E-state index in [2.05, 4.69) is 11.6 Å². The molecule has 1 rings (SSSR count). The van der Waals surface area contributed by atoms with E-state index in [0.717, 1.165) is 0 Å². The van der Waals surface area contributed by atoms with Gasteiger partial charge < -0.3 is 0 Å². The highest BCUT2D eigenvalue weighted by Crippen LogP contribution is 2.58. The maximum absolute atomic E-state index is 8.99. The summed E-state index contributed by atoms with van der Waals surface area (Å²) in [6.45, 7) is 0. The van der Waals surface area contributed by atoms with E-state index in [1.807, 2.05) is 47.3 Å². The molecule has 0 unspecified atom stereocenters. The van der Waals surface area contributed by atoms with Crippen LogP contribution in [-0.4, -0.2) is 47.3 Å². The first-order valence-corrected chi connectivity index (χ1v) is 6.38. The van der Waals surface area contributed by atoms with E-state index < -0.39 is 16.4 Å². The number of hydrogen-bond acceptors (Lipinski definition) is 6. The molecule has 0 N–H and O–H groups in total. The minimum atomic E-state index is -1.01. The third kappa shape index (κ3) is 1.74. The van der Waals surface area contributed by atoms with Crippen LogP contribution in [0.15, 0.2) is 0 Å². The highest BCUT2D eigenvalue weighted by Gasteiger charge is 2.39. The smallest absolute Gasteiger partial charge is 0.180 e. The maximum Gasteiger partial charge on any atom is 0.180 e. The fourth-order valence-electron chi connectivity index (χ4n) is 1.12. The first kappa shape index (κ1) is 11.8. The van der Waals surface area contributed by atoms with E-state index in [0.29, 0.717) is 0 Å². The van der Waals surface area contributed by atoms with Crippen molar-refractivity contribution < 1.29 is 0 Å². The lowest BCUT2D eigenvalue weighted by Crippen LogP contribution is -2.45. The lowest BCUT2D eigenvalue weighted by molar-refractivity contribution is 0.148. The molecule has 1 aliphatic rings. The second kappa shape index (κ2) is 4.47. The van der Waals surface area contributed by atoms with Crippen molar-refractivity contribution in [1.82, 2.24) is 19.1 Å². The molecule has 0 aromatic rings. The van der Waals surface area contributed by atoms with E-state index in [1.165, 1.54) is 0 Å². The molecule has 8 heteroatoms. The molecule has 1 fully saturated rings. The van der Waals surface area contributed by atoms with Gasteiger partial charge in [-0.25, -0.2) is 0 Å². The van der Waals surface area contributed by atoms with Gasteiger partial charge in [0, 0.05) is 28.2 Å². The van der Waals surface area contributed by atoms with Crippen molar-refractivity contribution in [1.29, 1.82) is 10.5 Å². The van der Waals surface area contributed by atoms with Crippen molar-refractivity contribution >= 4 is 16.4 Å². The summed E-state index contributed by atoms with van der Waals surface area (Å²) >= 11 is 0. The third-order valence-electron chi connectivity index (χ3n) is 2.11. The molecule has 0 bridgehead atoms. The Kier molecular flexibility index (Phi) is 3.75. The van der Waals surface area contributed by atoms with Gasteiger partial charge in [-0.05, 0) is 0 Å². The molecule has 6 nitrogen and oxygen atoms in total.